The summed E-state index contributed by atoms with van der Waals surface area (Å²) in [5.41, 5.74) is 5.36. The highest BCUT2D eigenvalue weighted by atomic mass is 31.2. The topological polar surface area (TPSA) is 134 Å². The van der Waals surface area contributed by atoms with Crippen molar-refractivity contribution in [3.8, 4) is 0 Å². The van der Waals surface area contributed by atoms with Gasteiger partial charge >= 0.3 is 19.8 Å². The van der Waals surface area contributed by atoms with Crippen molar-refractivity contribution >= 4 is 19.8 Å². The van der Waals surface area contributed by atoms with E-state index in [2.05, 4.69) is 62.5 Å². The number of hydrogen-bond donors (Lipinski definition) is 2. The molecule has 0 fully saturated rings. The summed E-state index contributed by atoms with van der Waals surface area (Å²) in [6.07, 6.45) is 69.1. The molecule has 0 amide bonds. The van der Waals surface area contributed by atoms with Gasteiger partial charge in [-0.3, -0.25) is 18.6 Å². The molecule has 2 atom stereocenters. The summed E-state index contributed by atoms with van der Waals surface area (Å²) in [6, 6.07) is 0. The van der Waals surface area contributed by atoms with Crippen LogP contribution < -0.4 is 5.73 Å². The Labute approximate surface area is 425 Å². The Kier molecular flexibility index (Phi) is 53.2. The van der Waals surface area contributed by atoms with Gasteiger partial charge in [0.2, 0.25) is 0 Å². The van der Waals surface area contributed by atoms with Gasteiger partial charge in [0.15, 0.2) is 6.10 Å². The number of hydrogen-bond acceptors (Lipinski definition) is 8. The zero-order valence-corrected chi connectivity index (χ0v) is 45.7. The first kappa shape index (κ1) is 66.7. The Balaban J connectivity index is 3.81. The van der Waals surface area contributed by atoms with Crippen LogP contribution in [0.25, 0.3) is 0 Å². The van der Waals surface area contributed by atoms with Gasteiger partial charge in [0.05, 0.1) is 13.2 Å². The summed E-state index contributed by atoms with van der Waals surface area (Å²) in [5.74, 6) is -0.916. The van der Waals surface area contributed by atoms with E-state index in [1.807, 2.05) is 12.2 Å². The molecule has 0 saturated heterocycles. The molecule has 2 unspecified atom stereocenters. The second-order valence-corrected chi connectivity index (χ2v) is 20.6. The molecule has 0 saturated carbocycles. The minimum atomic E-state index is -4.40. The predicted molar refractivity (Wildman–Crippen MR) is 293 cm³/mol. The average molecular weight is 990 g/mol. The third-order valence-corrected chi connectivity index (χ3v) is 13.4. The fourth-order valence-corrected chi connectivity index (χ4v) is 8.94. The monoisotopic (exact) mass is 990 g/mol. The first-order valence-corrected chi connectivity index (χ1v) is 30.3. The molecular formula is C59H108NO8P. The summed E-state index contributed by atoms with van der Waals surface area (Å²) in [6.45, 7) is 3.56. The number of phosphoric ester groups is 1. The highest BCUT2D eigenvalue weighted by Crippen LogP contribution is 2.43. The van der Waals surface area contributed by atoms with Crippen molar-refractivity contribution in [3.05, 3.63) is 60.8 Å². The van der Waals surface area contributed by atoms with Crippen LogP contribution >= 0.6 is 7.82 Å². The van der Waals surface area contributed by atoms with Gasteiger partial charge in [-0.05, 0) is 64.2 Å². The lowest BCUT2D eigenvalue weighted by Crippen LogP contribution is -2.29. The number of nitrogens with two attached hydrogens (primary N) is 1. The zero-order valence-electron chi connectivity index (χ0n) is 44.8. The molecule has 0 aromatic carbocycles. The van der Waals surface area contributed by atoms with Crippen molar-refractivity contribution in [1.82, 2.24) is 0 Å². The predicted octanol–water partition coefficient (Wildman–Crippen LogP) is 18.0. The van der Waals surface area contributed by atoms with Gasteiger partial charge in [0, 0.05) is 19.4 Å². The van der Waals surface area contributed by atoms with Gasteiger partial charge in [-0.25, -0.2) is 4.57 Å². The molecule has 0 spiro atoms. The lowest BCUT2D eigenvalue weighted by atomic mass is 10.0. The molecule has 402 valence electrons. The number of carbonyl (C=O) groups is 2. The van der Waals surface area contributed by atoms with E-state index < -0.39 is 32.5 Å². The van der Waals surface area contributed by atoms with Crippen LogP contribution in [0.3, 0.4) is 0 Å². The SMILES string of the molecule is CC/C=C\C/C=C\C/C=C\C/C=C\CCC(=O)OC(COC(=O)CCCCCCCCCCCCCCCCCCCCCCCCC/C=C\CCCCCCCCCC)COP(=O)(O)OCCN. The maximum absolute atomic E-state index is 12.6. The van der Waals surface area contributed by atoms with E-state index in [9.17, 15) is 19.0 Å². The summed E-state index contributed by atoms with van der Waals surface area (Å²) >= 11 is 0. The van der Waals surface area contributed by atoms with E-state index in [4.69, 9.17) is 24.3 Å². The molecule has 9 nitrogen and oxygen atoms in total. The van der Waals surface area contributed by atoms with Gasteiger partial charge in [-0.2, -0.15) is 0 Å². The van der Waals surface area contributed by atoms with E-state index in [-0.39, 0.29) is 32.6 Å². The van der Waals surface area contributed by atoms with Gasteiger partial charge in [0.1, 0.15) is 6.61 Å². The summed E-state index contributed by atoms with van der Waals surface area (Å²) < 4.78 is 32.8. The molecule has 0 heterocycles. The second kappa shape index (κ2) is 55.0. The van der Waals surface area contributed by atoms with E-state index in [1.54, 1.807) is 0 Å². The molecule has 0 radical (unpaired) electrons. The smallest absolute Gasteiger partial charge is 0.462 e. The zero-order chi connectivity index (χ0) is 50.2. The number of phosphoric acid groups is 1. The number of esters is 2. The van der Waals surface area contributed by atoms with Gasteiger partial charge in [0.25, 0.3) is 0 Å². The molecule has 10 heteroatoms. The molecule has 0 rings (SSSR count). The Morgan fingerprint density at radius 2 is 0.826 bits per heavy atom. The molecule has 0 aliphatic rings. The van der Waals surface area contributed by atoms with Crippen LogP contribution in [0.5, 0.6) is 0 Å². The first-order chi connectivity index (χ1) is 33.8. The van der Waals surface area contributed by atoms with Crippen molar-refractivity contribution in [2.45, 2.75) is 277 Å². The summed E-state index contributed by atoms with van der Waals surface area (Å²) in [5, 5.41) is 0. The third-order valence-electron chi connectivity index (χ3n) is 12.4. The Bertz CT molecular complexity index is 1310. The number of ether oxygens (including phenoxy) is 2. The maximum atomic E-state index is 12.6. The quantitative estimate of drug-likeness (QED) is 0.0264. The molecule has 3 N–H and O–H groups in total. The van der Waals surface area contributed by atoms with Gasteiger partial charge in [-0.15, -0.1) is 0 Å². The van der Waals surface area contributed by atoms with E-state index in [0.717, 1.165) is 44.9 Å². The minimum Gasteiger partial charge on any atom is -0.462 e. The molecule has 0 bridgehead atoms. The van der Waals surface area contributed by atoms with Crippen LogP contribution in [0.4, 0.5) is 0 Å². The molecule has 69 heavy (non-hydrogen) atoms. The largest absolute Gasteiger partial charge is 0.472 e. The molecule has 0 aromatic rings. The van der Waals surface area contributed by atoms with Crippen molar-refractivity contribution in [3.63, 3.8) is 0 Å². The summed E-state index contributed by atoms with van der Waals surface area (Å²) in [4.78, 5) is 35.0. The normalized spacial score (nSPS) is 13.5. The van der Waals surface area contributed by atoms with Crippen LogP contribution in [0.2, 0.25) is 0 Å². The molecular weight excluding hydrogens is 882 g/mol. The van der Waals surface area contributed by atoms with E-state index in [1.165, 1.54) is 193 Å². The van der Waals surface area contributed by atoms with Crippen molar-refractivity contribution in [2.75, 3.05) is 26.4 Å². The van der Waals surface area contributed by atoms with Crippen molar-refractivity contribution < 1.29 is 37.6 Å². The number of rotatable bonds is 54. The molecule has 0 aliphatic heterocycles. The lowest BCUT2D eigenvalue weighted by molar-refractivity contribution is -0.161. The standard InChI is InChI=1S/C59H108NO8P/c1-3-5-7-9-11-13-15-17-18-19-20-21-22-23-24-25-26-27-28-29-30-31-32-33-34-35-36-37-38-40-41-43-45-47-49-51-58(61)65-55-57(56-67-69(63,64)66-54-53-60)68-59(62)52-50-48-46-44-42-39-16-14-12-10-8-6-4-2/h6,8,12,14,19-20,39,42,46,48,57H,3-5,7,9-11,13,15-18,21-38,40-41,43-45,47,49-56,60H2,1-2H3,(H,63,64)/b8-6-,14-12-,20-19-,42-39-,48-46-. The van der Waals surface area contributed by atoms with E-state index >= 15 is 0 Å². The van der Waals surface area contributed by atoms with Crippen LogP contribution in [0.15, 0.2) is 60.8 Å². The molecule has 0 aromatic heterocycles. The van der Waals surface area contributed by atoms with E-state index in [0.29, 0.717) is 6.42 Å². The Hall–Kier alpha value is -2.29. The average Bonchev–Trinajstić information content (AvgIpc) is 3.34. The minimum absolute atomic E-state index is 0.0419. The van der Waals surface area contributed by atoms with Crippen LogP contribution in [-0.2, 0) is 32.7 Å². The number of unbranched alkanes of at least 4 members (excludes halogenated alkanes) is 31. The van der Waals surface area contributed by atoms with Crippen molar-refractivity contribution in [1.29, 1.82) is 0 Å². The van der Waals surface area contributed by atoms with Gasteiger partial charge in [-0.1, -0.05) is 254 Å². The van der Waals surface area contributed by atoms with Crippen molar-refractivity contribution in [2.24, 2.45) is 5.73 Å². The maximum Gasteiger partial charge on any atom is 0.472 e. The fraction of sp³-hybridized carbons (Fsp3) is 0.797. The Morgan fingerprint density at radius 1 is 0.449 bits per heavy atom. The Morgan fingerprint density at radius 3 is 1.25 bits per heavy atom. The highest BCUT2D eigenvalue weighted by molar-refractivity contribution is 7.47. The number of carbonyl (C=O) groups excluding carboxylic acids is 2. The second-order valence-electron chi connectivity index (χ2n) is 19.1. The van der Waals surface area contributed by atoms with Crippen LogP contribution in [-0.4, -0.2) is 49.3 Å². The third kappa shape index (κ3) is 54.9. The van der Waals surface area contributed by atoms with Crippen LogP contribution in [0, 0.1) is 0 Å². The molecule has 0 aliphatic carbocycles. The highest BCUT2D eigenvalue weighted by Gasteiger charge is 2.26. The lowest BCUT2D eigenvalue weighted by Gasteiger charge is -2.19. The number of allylic oxidation sites excluding steroid dienone is 10. The first-order valence-electron chi connectivity index (χ1n) is 28.8. The summed E-state index contributed by atoms with van der Waals surface area (Å²) in [7, 11) is -4.40. The van der Waals surface area contributed by atoms with Gasteiger partial charge < -0.3 is 20.1 Å². The fourth-order valence-electron chi connectivity index (χ4n) is 8.18. The van der Waals surface area contributed by atoms with Crippen LogP contribution in [0.1, 0.15) is 271 Å².